The normalized spacial score (nSPS) is 20.7. The largest absolute Gasteiger partial charge is 0.508 e. The van der Waals surface area contributed by atoms with Crippen molar-refractivity contribution in [2.24, 2.45) is 0 Å². The first-order valence-electron chi connectivity index (χ1n) is 6.74. The van der Waals surface area contributed by atoms with E-state index in [0.29, 0.717) is 16.3 Å². The number of hydrogen-bond donors (Lipinski definition) is 2. The second-order valence-corrected chi connectivity index (χ2v) is 6.13. The molecule has 0 spiro atoms. The lowest BCUT2D eigenvalue weighted by atomic mass is 9.90. The number of urea groups is 1. The van der Waals surface area contributed by atoms with Crippen molar-refractivity contribution in [3.63, 3.8) is 0 Å². The van der Waals surface area contributed by atoms with Crippen LogP contribution in [0.5, 0.6) is 5.75 Å². The topological polar surface area (TPSA) is 69.6 Å². The van der Waals surface area contributed by atoms with Gasteiger partial charge in [0.1, 0.15) is 5.75 Å². The Kier molecular flexibility index (Phi) is 3.70. The summed E-state index contributed by atoms with van der Waals surface area (Å²) in [7, 11) is 0. The third-order valence-corrected chi connectivity index (χ3v) is 4.64. The lowest BCUT2D eigenvalue weighted by Crippen LogP contribution is -2.44. The summed E-state index contributed by atoms with van der Waals surface area (Å²) < 4.78 is 0. The predicted molar refractivity (Wildman–Crippen MR) is 87.9 cm³/mol. The molecule has 1 saturated heterocycles. The van der Waals surface area contributed by atoms with Crippen LogP contribution in [-0.2, 0) is 10.3 Å². The molecule has 0 saturated carbocycles. The zero-order valence-electron chi connectivity index (χ0n) is 12.0. The fraction of sp³-hybridized carbons (Fsp3) is 0.125. The van der Waals surface area contributed by atoms with Crippen LogP contribution in [0.1, 0.15) is 12.5 Å². The van der Waals surface area contributed by atoms with Crippen molar-refractivity contribution in [3.05, 3.63) is 58.1 Å². The van der Waals surface area contributed by atoms with Crippen molar-refractivity contribution in [3.8, 4) is 5.75 Å². The average Bonchev–Trinajstić information content (AvgIpc) is 2.73. The maximum atomic E-state index is 12.4. The maximum Gasteiger partial charge on any atom is 0.329 e. The lowest BCUT2D eigenvalue weighted by molar-refractivity contribution is -0.123. The van der Waals surface area contributed by atoms with Crippen LogP contribution in [0.25, 0.3) is 0 Å². The fourth-order valence-corrected chi connectivity index (χ4v) is 2.92. The van der Waals surface area contributed by atoms with Gasteiger partial charge in [0.05, 0.1) is 10.0 Å². The number of benzene rings is 2. The summed E-state index contributed by atoms with van der Waals surface area (Å²) in [6.07, 6.45) is 0. The minimum absolute atomic E-state index is 0.0724. The Morgan fingerprint density at radius 1 is 1.04 bits per heavy atom. The highest BCUT2D eigenvalue weighted by molar-refractivity contribution is 6.42. The van der Waals surface area contributed by atoms with Crippen LogP contribution in [0.2, 0.25) is 10.0 Å². The van der Waals surface area contributed by atoms with E-state index in [1.807, 2.05) is 0 Å². The molecular formula is C16H12Cl2N2O3. The van der Waals surface area contributed by atoms with Gasteiger partial charge in [0.15, 0.2) is 5.54 Å². The first-order valence-corrected chi connectivity index (χ1v) is 7.50. The highest BCUT2D eigenvalue weighted by Gasteiger charge is 2.51. The van der Waals surface area contributed by atoms with Crippen LogP contribution in [0, 0.1) is 0 Å². The number of hydrogen-bond acceptors (Lipinski definition) is 3. The molecule has 0 radical (unpaired) electrons. The number of halogens is 2. The van der Waals surface area contributed by atoms with Gasteiger partial charge in [0.25, 0.3) is 5.91 Å². The molecule has 7 heteroatoms. The number of nitrogens with zero attached hydrogens (tertiary/aromatic N) is 1. The van der Waals surface area contributed by atoms with Crippen molar-refractivity contribution in [1.82, 2.24) is 5.32 Å². The van der Waals surface area contributed by atoms with Gasteiger partial charge in [-0.05, 0) is 42.8 Å². The summed E-state index contributed by atoms with van der Waals surface area (Å²) in [6.45, 7) is 1.63. The summed E-state index contributed by atoms with van der Waals surface area (Å²) >= 11 is 11.9. The van der Waals surface area contributed by atoms with Gasteiger partial charge in [-0.3, -0.25) is 15.0 Å². The van der Waals surface area contributed by atoms with E-state index in [9.17, 15) is 14.7 Å². The monoisotopic (exact) mass is 350 g/mol. The summed E-state index contributed by atoms with van der Waals surface area (Å²) in [6, 6.07) is 10.3. The number of imide groups is 1. The zero-order chi connectivity index (χ0) is 16.8. The molecule has 0 aliphatic carbocycles. The smallest absolute Gasteiger partial charge is 0.329 e. The Labute approximate surface area is 142 Å². The van der Waals surface area contributed by atoms with Crippen molar-refractivity contribution in [2.75, 3.05) is 4.90 Å². The van der Waals surface area contributed by atoms with E-state index < -0.39 is 17.5 Å². The Hall–Kier alpha value is -2.24. The molecule has 2 aromatic rings. The standard InChI is InChI=1S/C16H12Cl2N2O3/c1-16(9-2-5-11(21)6-3-9)14(22)19-15(23)20(16)10-4-7-12(17)13(18)8-10/h2-8,21H,1H3,(H,19,22,23). The molecule has 23 heavy (non-hydrogen) atoms. The quantitative estimate of drug-likeness (QED) is 0.811. The van der Waals surface area contributed by atoms with E-state index in [0.717, 1.165) is 0 Å². The first-order chi connectivity index (χ1) is 10.8. The molecule has 118 valence electrons. The van der Waals surface area contributed by atoms with Crippen LogP contribution in [-0.4, -0.2) is 17.0 Å². The Balaban J connectivity index is 2.16. The average molecular weight is 351 g/mol. The highest BCUT2D eigenvalue weighted by atomic mass is 35.5. The van der Waals surface area contributed by atoms with E-state index in [-0.39, 0.29) is 10.8 Å². The van der Waals surface area contributed by atoms with Gasteiger partial charge in [-0.15, -0.1) is 0 Å². The summed E-state index contributed by atoms with van der Waals surface area (Å²) in [4.78, 5) is 26.1. The van der Waals surface area contributed by atoms with Crippen molar-refractivity contribution in [2.45, 2.75) is 12.5 Å². The molecule has 0 bridgehead atoms. The molecule has 1 unspecified atom stereocenters. The minimum Gasteiger partial charge on any atom is -0.508 e. The summed E-state index contributed by atoms with van der Waals surface area (Å²) in [5.74, 6) is -0.387. The van der Waals surface area contributed by atoms with E-state index in [4.69, 9.17) is 23.2 Å². The number of carbonyl (C=O) groups excluding carboxylic acids is 2. The second-order valence-electron chi connectivity index (χ2n) is 5.31. The Bertz CT molecular complexity index is 807. The number of anilines is 1. The molecule has 2 aromatic carbocycles. The summed E-state index contributed by atoms with van der Waals surface area (Å²) in [5.41, 5.74) is -0.259. The summed E-state index contributed by atoms with van der Waals surface area (Å²) in [5, 5.41) is 12.4. The minimum atomic E-state index is -1.26. The van der Waals surface area contributed by atoms with Crippen molar-refractivity contribution >= 4 is 40.8 Å². The van der Waals surface area contributed by atoms with Crippen LogP contribution in [0.4, 0.5) is 10.5 Å². The predicted octanol–water partition coefficient (Wildman–Crippen LogP) is 3.67. The molecule has 1 aliphatic rings. The number of amides is 3. The van der Waals surface area contributed by atoms with Gasteiger partial charge in [0.2, 0.25) is 0 Å². The zero-order valence-corrected chi connectivity index (χ0v) is 13.5. The number of phenols is 1. The molecule has 2 N–H and O–H groups in total. The molecule has 0 aromatic heterocycles. The molecular weight excluding hydrogens is 339 g/mol. The Morgan fingerprint density at radius 3 is 2.30 bits per heavy atom. The van der Waals surface area contributed by atoms with Gasteiger partial charge in [-0.1, -0.05) is 35.3 Å². The van der Waals surface area contributed by atoms with E-state index in [1.54, 1.807) is 31.2 Å². The second kappa shape index (κ2) is 5.44. The van der Waals surface area contributed by atoms with Gasteiger partial charge in [0, 0.05) is 5.69 Å². The molecule has 3 amide bonds. The lowest BCUT2D eigenvalue weighted by Gasteiger charge is -2.32. The van der Waals surface area contributed by atoms with Gasteiger partial charge >= 0.3 is 6.03 Å². The van der Waals surface area contributed by atoms with E-state index in [2.05, 4.69) is 5.32 Å². The highest BCUT2D eigenvalue weighted by Crippen LogP contribution is 2.39. The first kappa shape index (κ1) is 15.6. The van der Waals surface area contributed by atoms with Gasteiger partial charge in [-0.25, -0.2) is 4.79 Å². The van der Waals surface area contributed by atoms with E-state index in [1.165, 1.54) is 23.1 Å². The third kappa shape index (κ3) is 2.42. The van der Waals surface area contributed by atoms with Crippen LogP contribution in [0.3, 0.4) is 0 Å². The number of nitrogens with one attached hydrogen (secondary N) is 1. The molecule has 3 rings (SSSR count). The van der Waals surface area contributed by atoms with Crippen LogP contribution < -0.4 is 10.2 Å². The van der Waals surface area contributed by atoms with Gasteiger partial charge in [-0.2, -0.15) is 0 Å². The number of carbonyl (C=O) groups is 2. The number of rotatable bonds is 2. The molecule has 1 heterocycles. The Morgan fingerprint density at radius 2 is 1.70 bits per heavy atom. The third-order valence-electron chi connectivity index (χ3n) is 3.90. The number of phenolic OH excluding ortho intramolecular Hbond substituents is 1. The van der Waals surface area contributed by atoms with Crippen LogP contribution >= 0.6 is 23.2 Å². The molecule has 1 fully saturated rings. The molecule has 1 aliphatic heterocycles. The number of aromatic hydroxyl groups is 1. The van der Waals surface area contributed by atoms with Crippen molar-refractivity contribution in [1.29, 1.82) is 0 Å². The van der Waals surface area contributed by atoms with Crippen LogP contribution in [0.15, 0.2) is 42.5 Å². The van der Waals surface area contributed by atoms with E-state index >= 15 is 0 Å². The van der Waals surface area contributed by atoms with Gasteiger partial charge < -0.3 is 5.11 Å². The molecule has 1 atom stereocenters. The van der Waals surface area contributed by atoms with Crippen molar-refractivity contribution < 1.29 is 14.7 Å². The maximum absolute atomic E-state index is 12.4. The SMILES string of the molecule is CC1(c2ccc(O)cc2)C(=O)NC(=O)N1c1ccc(Cl)c(Cl)c1. The molecule has 5 nitrogen and oxygen atoms in total. The fourth-order valence-electron chi connectivity index (χ4n) is 2.63.